The van der Waals surface area contributed by atoms with Gasteiger partial charge in [0.1, 0.15) is 0 Å². The van der Waals surface area contributed by atoms with Crippen molar-refractivity contribution >= 4 is 29.1 Å². The first-order valence-electron chi connectivity index (χ1n) is 6.01. The first kappa shape index (κ1) is 15.5. The molecule has 5 nitrogen and oxygen atoms in total. The van der Waals surface area contributed by atoms with E-state index in [0.717, 1.165) is 0 Å². The Balaban J connectivity index is 2.76. The van der Waals surface area contributed by atoms with E-state index >= 15 is 0 Å². The zero-order valence-corrected chi connectivity index (χ0v) is 11.8. The van der Waals surface area contributed by atoms with Crippen LogP contribution in [-0.4, -0.2) is 24.9 Å². The van der Waals surface area contributed by atoms with Crippen molar-refractivity contribution in [3.63, 3.8) is 0 Å². The van der Waals surface area contributed by atoms with Crippen molar-refractivity contribution in [2.45, 2.75) is 13.8 Å². The molecule has 0 aliphatic rings. The van der Waals surface area contributed by atoms with Gasteiger partial charge >= 0.3 is 0 Å². The van der Waals surface area contributed by atoms with Crippen molar-refractivity contribution in [3.05, 3.63) is 28.8 Å². The van der Waals surface area contributed by atoms with Crippen LogP contribution >= 0.6 is 11.6 Å². The molecule has 0 aliphatic carbocycles. The molecule has 19 heavy (non-hydrogen) atoms. The molecule has 1 aromatic carbocycles. The number of rotatable bonds is 5. The number of benzene rings is 1. The Hall–Kier alpha value is -1.59. The van der Waals surface area contributed by atoms with Crippen LogP contribution in [0.1, 0.15) is 24.2 Å². The lowest BCUT2D eigenvalue weighted by molar-refractivity contribution is -0.114. The number of carbonyl (C=O) groups is 2. The van der Waals surface area contributed by atoms with Crippen LogP contribution in [0.4, 0.5) is 5.69 Å². The van der Waals surface area contributed by atoms with Gasteiger partial charge in [0.25, 0.3) is 5.91 Å². The molecule has 104 valence electrons. The molecule has 2 amide bonds. The fourth-order valence-corrected chi connectivity index (χ4v) is 1.65. The Morgan fingerprint density at radius 3 is 2.58 bits per heavy atom. The van der Waals surface area contributed by atoms with E-state index in [-0.39, 0.29) is 23.4 Å². The smallest absolute Gasteiger partial charge is 0.252 e. The largest absolute Gasteiger partial charge is 0.352 e. The van der Waals surface area contributed by atoms with Gasteiger partial charge in [0, 0.05) is 12.2 Å². The molecule has 0 bridgehead atoms. The lowest BCUT2D eigenvalue weighted by atomic mass is 10.1. The van der Waals surface area contributed by atoms with Crippen molar-refractivity contribution in [2.75, 3.05) is 18.4 Å². The highest BCUT2D eigenvalue weighted by molar-refractivity contribution is 6.34. The van der Waals surface area contributed by atoms with Crippen LogP contribution in [0.3, 0.4) is 0 Å². The molecule has 6 heteroatoms. The molecule has 0 aromatic heterocycles. The third-order valence-electron chi connectivity index (χ3n) is 2.35. The Kier molecular flexibility index (Phi) is 5.79. The fraction of sp³-hybridized carbons (Fsp3) is 0.385. The van der Waals surface area contributed by atoms with Crippen molar-refractivity contribution < 1.29 is 9.59 Å². The number of anilines is 1. The average Bonchev–Trinajstić information content (AvgIpc) is 2.35. The SMILES string of the molecule is CC(C)CNC(=O)c1ccc(NC(=O)CN)cc1Cl. The van der Waals surface area contributed by atoms with E-state index in [1.54, 1.807) is 12.1 Å². The van der Waals surface area contributed by atoms with E-state index in [1.165, 1.54) is 6.07 Å². The lowest BCUT2D eigenvalue weighted by Crippen LogP contribution is -2.27. The first-order valence-corrected chi connectivity index (χ1v) is 6.39. The Morgan fingerprint density at radius 1 is 1.37 bits per heavy atom. The van der Waals surface area contributed by atoms with Crippen molar-refractivity contribution in [1.82, 2.24) is 5.32 Å². The molecule has 0 unspecified atom stereocenters. The minimum Gasteiger partial charge on any atom is -0.352 e. The van der Waals surface area contributed by atoms with Crippen molar-refractivity contribution in [3.8, 4) is 0 Å². The van der Waals surface area contributed by atoms with E-state index in [9.17, 15) is 9.59 Å². The van der Waals surface area contributed by atoms with Crippen LogP contribution < -0.4 is 16.4 Å². The minimum atomic E-state index is -0.312. The highest BCUT2D eigenvalue weighted by Crippen LogP contribution is 2.21. The summed E-state index contributed by atoms with van der Waals surface area (Å²) in [6.07, 6.45) is 0. The maximum absolute atomic E-state index is 11.9. The van der Waals surface area contributed by atoms with E-state index in [2.05, 4.69) is 10.6 Å². The van der Waals surface area contributed by atoms with Gasteiger partial charge in [-0.25, -0.2) is 0 Å². The van der Waals surface area contributed by atoms with Crippen molar-refractivity contribution in [1.29, 1.82) is 0 Å². The van der Waals surface area contributed by atoms with Crippen LogP contribution in [0.25, 0.3) is 0 Å². The summed E-state index contributed by atoms with van der Waals surface area (Å²) in [5.41, 5.74) is 6.09. The van der Waals surface area contributed by atoms with Gasteiger partial charge in [-0.2, -0.15) is 0 Å². The predicted molar refractivity (Wildman–Crippen MR) is 76.3 cm³/mol. The monoisotopic (exact) mass is 283 g/mol. The first-order chi connectivity index (χ1) is 8.93. The molecule has 0 saturated carbocycles. The summed E-state index contributed by atoms with van der Waals surface area (Å²) < 4.78 is 0. The number of nitrogens with one attached hydrogen (secondary N) is 2. The van der Waals surface area contributed by atoms with Gasteiger partial charge in [-0.3, -0.25) is 9.59 Å². The van der Waals surface area contributed by atoms with Crippen LogP contribution in [0.5, 0.6) is 0 Å². The second-order valence-electron chi connectivity index (χ2n) is 4.55. The molecule has 1 aromatic rings. The standard InChI is InChI=1S/C13H18ClN3O2/c1-8(2)7-16-13(19)10-4-3-9(5-11(10)14)17-12(18)6-15/h3-5,8H,6-7,15H2,1-2H3,(H,16,19)(H,17,18). The normalized spacial score (nSPS) is 10.4. The molecular formula is C13H18ClN3O2. The molecular weight excluding hydrogens is 266 g/mol. The molecule has 0 radical (unpaired) electrons. The van der Waals surface area contributed by atoms with E-state index in [4.69, 9.17) is 17.3 Å². The number of halogens is 1. The summed E-state index contributed by atoms with van der Waals surface area (Å²) in [4.78, 5) is 23.0. The second-order valence-corrected chi connectivity index (χ2v) is 4.96. The van der Waals surface area contributed by atoms with Crippen LogP contribution in [0.15, 0.2) is 18.2 Å². The van der Waals surface area contributed by atoms with Gasteiger partial charge in [0.15, 0.2) is 0 Å². The van der Waals surface area contributed by atoms with E-state index < -0.39 is 0 Å². The lowest BCUT2D eigenvalue weighted by Gasteiger charge is -2.10. The second kappa shape index (κ2) is 7.11. The molecule has 0 atom stereocenters. The zero-order chi connectivity index (χ0) is 14.4. The molecule has 0 heterocycles. The summed E-state index contributed by atoms with van der Waals surface area (Å²) in [5.74, 6) is -0.172. The number of amides is 2. The Morgan fingerprint density at radius 2 is 2.05 bits per heavy atom. The average molecular weight is 284 g/mol. The third kappa shape index (κ3) is 4.89. The number of hydrogen-bond acceptors (Lipinski definition) is 3. The van der Waals surface area contributed by atoms with Gasteiger partial charge in [-0.05, 0) is 24.1 Å². The Bertz CT molecular complexity index is 475. The maximum Gasteiger partial charge on any atom is 0.252 e. The number of hydrogen-bond donors (Lipinski definition) is 3. The summed E-state index contributed by atoms with van der Waals surface area (Å²) in [7, 11) is 0. The third-order valence-corrected chi connectivity index (χ3v) is 2.67. The summed E-state index contributed by atoms with van der Waals surface area (Å²) in [6, 6.07) is 4.72. The van der Waals surface area contributed by atoms with E-state index in [0.29, 0.717) is 23.7 Å². The van der Waals surface area contributed by atoms with Gasteiger partial charge in [0.2, 0.25) is 5.91 Å². The van der Waals surface area contributed by atoms with Crippen LogP contribution in [0.2, 0.25) is 5.02 Å². The number of carbonyl (C=O) groups excluding carboxylic acids is 2. The van der Waals surface area contributed by atoms with Gasteiger partial charge < -0.3 is 16.4 Å². The highest BCUT2D eigenvalue weighted by atomic mass is 35.5. The Labute approximate surface area is 117 Å². The quantitative estimate of drug-likeness (QED) is 0.768. The molecule has 0 saturated heterocycles. The number of nitrogens with two attached hydrogens (primary N) is 1. The molecule has 4 N–H and O–H groups in total. The van der Waals surface area contributed by atoms with E-state index in [1.807, 2.05) is 13.8 Å². The maximum atomic E-state index is 11.9. The molecule has 1 rings (SSSR count). The summed E-state index contributed by atoms with van der Waals surface area (Å²) in [5, 5.41) is 5.64. The summed E-state index contributed by atoms with van der Waals surface area (Å²) in [6.45, 7) is 4.50. The van der Waals surface area contributed by atoms with Crippen molar-refractivity contribution in [2.24, 2.45) is 11.7 Å². The van der Waals surface area contributed by atoms with Gasteiger partial charge in [-0.15, -0.1) is 0 Å². The summed E-state index contributed by atoms with van der Waals surface area (Å²) >= 11 is 6.02. The molecule has 0 fully saturated rings. The zero-order valence-electron chi connectivity index (χ0n) is 11.0. The predicted octanol–water partition coefficient (Wildman–Crippen LogP) is 1.62. The minimum absolute atomic E-state index is 0.103. The topological polar surface area (TPSA) is 84.2 Å². The van der Waals surface area contributed by atoms with Gasteiger partial charge in [-0.1, -0.05) is 25.4 Å². The van der Waals surface area contributed by atoms with Crippen LogP contribution in [-0.2, 0) is 4.79 Å². The molecule has 0 spiro atoms. The fourth-order valence-electron chi connectivity index (χ4n) is 1.38. The van der Waals surface area contributed by atoms with Crippen LogP contribution in [0, 0.1) is 5.92 Å². The van der Waals surface area contributed by atoms with Gasteiger partial charge in [0.05, 0.1) is 17.1 Å². The molecule has 0 aliphatic heterocycles. The highest BCUT2D eigenvalue weighted by Gasteiger charge is 2.11.